The van der Waals surface area contributed by atoms with E-state index in [0.29, 0.717) is 22.2 Å². The lowest BCUT2D eigenvalue weighted by molar-refractivity contribution is -0.136. The van der Waals surface area contributed by atoms with Crippen molar-refractivity contribution in [2.24, 2.45) is 0 Å². The van der Waals surface area contributed by atoms with Crippen molar-refractivity contribution in [1.29, 1.82) is 0 Å². The van der Waals surface area contributed by atoms with Gasteiger partial charge in [-0.2, -0.15) is 13.2 Å². The number of aromatic nitrogens is 2. The lowest BCUT2D eigenvalue weighted by Gasteiger charge is -2.14. The van der Waals surface area contributed by atoms with Crippen molar-refractivity contribution in [2.75, 3.05) is 10.6 Å². The Morgan fingerprint density at radius 2 is 1.80 bits per heavy atom. The zero-order chi connectivity index (χ0) is 21.3. The van der Waals surface area contributed by atoms with E-state index in [-0.39, 0.29) is 5.69 Å². The van der Waals surface area contributed by atoms with E-state index >= 15 is 0 Å². The van der Waals surface area contributed by atoms with Crippen LogP contribution in [0.5, 0.6) is 0 Å². The van der Waals surface area contributed by atoms with E-state index in [0.717, 1.165) is 12.1 Å². The summed E-state index contributed by atoms with van der Waals surface area (Å²) >= 11 is 0. The van der Waals surface area contributed by atoms with Crippen LogP contribution in [-0.2, 0) is 6.18 Å². The summed E-state index contributed by atoms with van der Waals surface area (Å²) in [5, 5.41) is 5.13. The molecule has 0 saturated carbocycles. The normalized spacial score (nSPS) is 11.5. The number of nitrogens with one attached hydrogen (secondary N) is 3. The second-order valence-corrected chi connectivity index (χ2v) is 6.43. The van der Waals surface area contributed by atoms with E-state index in [2.05, 4.69) is 20.6 Å². The largest absolute Gasteiger partial charge is 0.418 e. The van der Waals surface area contributed by atoms with E-state index in [1.807, 2.05) is 0 Å². The standard InChI is InChI=1S/C21H14F4N4O/c22-13-7-8-16-14(10-13)19(18(27-16)12-4-3-9-26-11-12)29-20(30)28-17-6-2-1-5-15(17)21(23,24)25/h1-11,27H,(H2,28,29,30). The van der Waals surface area contributed by atoms with E-state index in [1.165, 1.54) is 30.3 Å². The van der Waals surface area contributed by atoms with Crippen molar-refractivity contribution in [3.63, 3.8) is 0 Å². The molecule has 0 bridgehead atoms. The fourth-order valence-electron chi connectivity index (χ4n) is 3.13. The first-order chi connectivity index (χ1) is 14.3. The van der Waals surface area contributed by atoms with Gasteiger partial charge in [-0.25, -0.2) is 9.18 Å². The van der Waals surface area contributed by atoms with Crippen LogP contribution in [0.4, 0.5) is 33.7 Å². The number of pyridine rings is 1. The lowest BCUT2D eigenvalue weighted by atomic mass is 10.1. The van der Waals surface area contributed by atoms with Gasteiger partial charge in [0.25, 0.3) is 0 Å². The van der Waals surface area contributed by atoms with Gasteiger partial charge in [0.05, 0.1) is 22.6 Å². The minimum atomic E-state index is -4.63. The molecule has 5 nitrogen and oxygen atoms in total. The number of hydrogen-bond donors (Lipinski definition) is 3. The minimum Gasteiger partial charge on any atom is -0.353 e. The number of amides is 2. The highest BCUT2D eigenvalue weighted by molar-refractivity contribution is 6.10. The van der Waals surface area contributed by atoms with Gasteiger partial charge in [0, 0.05) is 28.9 Å². The zero-order valence-electron chi connectivity index (χ0n) is 15.2. The van der Waals surface area contributed by atoms with Crippen molar-refractivity contribution in [3.8, 4) is 11.3 Å². The summed E-state index contributed by atoms with van der Waals surface area (Å²) in [6.45, 7) is 0. The van der Waals surface area contributed by atoms with E-state index in [9.17, 15) is 22.4 Å². The third-order valence-corrected chi connectivity index (χ3v) is 4.43. The summed E-state index contributed by atoms with van der Waals surface area (Å²) in [5.41, 5.74) is 0.456. The molecule has 2 amide bonds. The maximum absolute atomic E-state index is 13.8. The van der Waals surface area contributed by atoms with Crippen LogP contribution in [0.2, 0.25) is 0 Å². The number of urea groups is 1. The van der Waals surface area contributed by atoms with Crippen molar-refractivity contribution in [3.05, 3.63) is 78.4 Å². The molecule has 0 aliphatic heterocycles. The molecule has 30 heavy (non-hydrogen) atoms. The number of H-pyrrole nitrogens is 1. The molecule has 2 aromatic heterocycles. The zero-order valence-corrected chi connectivity index (χ0v) is 15.2. The molecule has 0 aliphatic rings. The summed E-state index contributed by atoms with van der Waals surface area (Å²) in [6.07, 6.45) is -1.52. The molecule has 4 rings (SSSR count). The van der Waals surface area contributed by atoms with Gasteiger partial charge in [-0.05, 0) is 42.5 Å². The second-order valence-electron chi connectivity index (χ2n) is 6.43. The first kappa shape index (κ1) is 19.4. The van der Waals surface area contributed by atoms with Gasteiger partial charge in [-0.15, -0.1) is 0 Å². The SMILES string of the molecule is O=C(Nc1ccccc1C(F)(F)F)Nc1c(-c2cccnc2)[nH]c2ccc(F)cc12. The first-order valence-corrected chi connectivity index (χ1v) is 8.79. The average molecular weight is 414 g/mol. The molecule has 0 atom stereocenters. The van der Waals surface area contributed by atoms with Crippen LogP contribution in [0.1, 0.15) is 5.56 Å². The lowest BCUT2D eigenvalue weighted by Crippen LogP contribution is -2.22. The molecule has 3 N–H and O–H groups in total. The Labute approximate surface area is 167 Å². The molecule has 2 aromatic carbocycles. The molecule has 9 heteroatoms. The van der Waals surface area contributed by atoms with Crippen LogP contribution < -0.4 is 10.6 Å². The fraction of sp³-hybridized carbons (Fsp3) is 0.0476. The van der Waals surface area contributed by atoms with Crippen molar-refractivity contribution in [2.45, 2.75) is 6.18 Å². The molecule has 0 spiro atoms. The van der Waals surface area contributed by atoms with E-state index < -0.39 is 29.3 Å². The maximum Gasteiger partial charge on any atom is 0.418 e. The topological polar surface area (TPSA) is 69.8 Å². The smallest absolute Gasteiger partial charge is 0.353 e. The van der Waals surface area contributed by atoms with Crippen molar-refractivity contribution in [1.82, 2.24) is 9.97 Å². The third kappa shape index (κ3) is 3.82. The molecule has 0 aliphatic carbocycles. The molecule has 0 saturated heterocycles. The van der Waals surface area contributed by atoms with Crippen molar-refractivity contribution >= 4 is 28.3 Å². The van der Waals surface area contributed by atoms with Gasteiger partial charge >= 0.3 is 12.2 Å². The Balaban J connectivity index is 1.72. The molecular formula is C21H14F4N4O. The number of anilines is 2. The Bertz CT molecular complexity index is 1220. The first-order valence-electron chi connectivity index (χ1n) is 8.79. The number of benzene rings is 2. The summed E-state index contributed by atoms with van der Waals surface area (Å²) in [5.74, 6) is -0.523. The summed E-state index contributed by atoms with van der Waals surface area (Å²) in [7, 11) is 0. The molecule has 4 aromatic rings. The highest BCUT2D eigenvalue weighted by Crippen LogP contribution is 2.37. The van der Waals surface area contributed by atoms with Crippen LogP contribution in [0.25, 0.3) is 22.2 Å². The Morgan fingerprint density at radius 1 is 1.00 bits per heavy atom. The van der Waals surface area contributed by atoms with E-state index in [1.54, 1.807) is 24.5 Å². The number of rotatable bonds is 3. The number of hydrogen-bond acceptors (Lipinski definition) is 2. The monoisotopic (exact) mass is 414 g/mol. The van der Waals surface area contributed by atoms with Crippen LogP contribution in [-0.4, -0.2) is 16.0 Å². The number of aromatic amines is 1. The number of halogens is 4. The number of nitrogens with zero attached hydrogens (tertiary/aromatic N) is 1. The van der Waals surface area contributed by atoms with Gasteiger partial charge in [0.1, 0.15) is 5.82 Å². The quantitative estimate of drug-likeness (QED) is 0.358. The predicted octanol–water partition coefficient (Wildman–Crippen LogP) is 6.03. The number of alkyl halides is 3. The molecular weight excluding hydrogens is 400 g/mol. The summed E-state index contributed by atoms with van der Waals surface area (Å²) < 4.78 is 53.4. The molecule has 0 unspecified atom stereocenters. The van der Waals surface area contributed by atoms with Gasteiger partial charge in [0.2, 0.25) is 0 Å². The molecule has 0 fully saturated rings. The Hall–Kier alpha value is -3.88. The third-order valence-electron chi connectivity index (χ3n) is 4.43. The second kappa shape index (κ2) is 7.51. The van der Waals surface area contributed by atoms with Gasteiger partial charge in [-0.3, -0.25) is 4.98 Å². The van der Waals surface area contributed by atoms with E-state index in [4.69, 9.17) is 0 Å². The molecule has 0 radical (unpaired) electrons. The summed E-state index contributed by atoms with van der Waals surface area (Å²) in [6, 6.07) is 11.1. The van der Waals surface area contributed by atoms with Gasteiger partial charge in [-0.1, -0.05) is 12.1 Å². The highest BCUT2D eigenvalue weighted by atomic mass is 19.4. The fourth-order valence-corrected chi connectivity index (χ4v) is 3.13. The Kier molecular flexibility index (Phi) is 4.86. The molecule has 2 heterocycles. The van der Waals surface area contributed by atoms with Gasteiger partial charge < -0.3 is 15.6 Å². The maximum atomic E-state index is 13.8. The predicted molar refractivity (Wildman–Crippen MR) is 106 cm³/mol. The number of fused-ring (bicyclic) bond motifs is 1. The minimum absolute atomic E-state index is 0.222. The van der Waals surface area contributed by atoms with Crippen LogP contribution in [0.3, 0.4) is 0 Å². The highest BCUT2D eigenvalue weighted by Gasteiger charge is 2.33. The van der Waals surface area contributed by atoms with Crippen molar-refractivity contribution < 1.29 is 22.4 Å². The van der Waals surface area contributed by atoms with Crippen LogP contribution >= 0.6 is 0 Å². The summed E-state index contributed by atoms with van der Waals surface area (Å²) in [4.78, 5) is 19.7. The number of carbonyl (C=O) groups is 1. The Morgan fingerprint density at radius 3 is 2.53 bits per heavy atom. The number of carbonyl (C=O) groups excluding carboxylic acids is 1. The van der Waals surface area contributed by atoms with Crippen LogP contribution in [0.15, 0.2) is 67.0 Å². The number of para-hydroxylation sites is 1. The van der Waals surface area contributed by atoms with Crippen LogP contribution in [0, 0.1) is 5.82 Å². The van der Waals surface area contributed by atoms with Gasteiger partial charge in [0.15, 0.2) is 0 Å². The molecule has 152 valence electrons. The average Bonchev–Trinajstić information content (AvgIpc) is 3.06.